The minimum absolute atomic E-state index is 0.182. The Kier molecular flexibility index (Phi) is 6.35. The highest BCUT2D eigenvalue weighted by molar-refractivity contribution is 5.98. The molecular weight excluding hydrogens is 425 g/mol. The summed E-state index contributed by atoms with van der Waals surface area (Å²) >= 11 is 0. The number of nitrogens with zero attached hydrogens (tertiary/aromatic N) is 1. The van der Waals surface area contributed by atoms with Crippen LogP contribution in [0.3, 0.4) is 0 Å². The molecule has 4 rings (SSSR count). The Bertz CT molecular complexity index is 1150. The number of cyclic esters (lactones) is 1. The molecule has 3 aromatic rings. The molecule has 0 saturated carbocycles. The van der Waals surface area contributed by atoms with E-state index in [0.29, 0.717) is 16.9 Å². The topological polar surface area (TPSA) is 87.7 Å². The number of ether oxygens (including phenoxy) is 1. The van der Waals surface area contributed by atoms with E-state index in [-0.39, 0.29) is 12.5 Å². The molecule has 1 fully saturated rings. The molecule has 1 heterocycles. The van der Waals surface area contributed by atoms with Gasteiger partial charge in [0, 0.05) is 18.3 Å². The molecule has 8 heteroatoms. The predicted molar refractivity (Wildman–Crippen MR) is 121 cm³/mol. The molecule has 1 aliphatic heterocycles. The van der Waals surface area contributed by atoms with Gasteiger partial charge in [0.25, 0.3) is 5.91 Å². The summed E-state index contributed by atoms with van der Waals surface area (Å²) in [6.45, 7) is 1.59. The van der Waals surface area contributed by atoms with E-state index in [9.17, 15) is 18.8 Å². The average molecular weight is 447 g/mol. The van der Waals surface area contributed by atoms with Gasteiger partial charge < -0.3 is 15.4 Å². The fraction of sp³-hybridized carbons (Fsp3) is 0.160. The Morgan fingerprint density at radius 2 is 1.52 bits per heavy atom. The lowest BCUT2D eigenvalue weighted by atomic mass is 10.00. The van der Waals surface area contributed by atoms with Gasteiger partial charge in [0.15, 0.2) is 12.1 Å². The minimum Gasteiger partial charge on any atom is -0.438 e. The second-order valence-corrected chi connectivity index (χ2v) is 7.66. The molecule has 2 unspecified atom stereocenters. The van der Waals surface area contributed by atoms with E-state index in [2.05, 4.69) is 10.6 Å². The van der Waals surface area contributed by atoms with Gasteiger partial charge in [-0.25, -0.2) is 9.18 Å². The Morgan fingerprint density at radius 3 is 2.15 bits per heavy atom. The molecule has 0 bridgehead atoms. The molecule has 1 saturated heterocycles. The van der Waals surface area contributed by atoms with Crippen molar-refractivity contribution in [2.45, 2.75) is 25.6 Å². The van der Waals surface area contributed by atoms with Crippen LogP contribution in [0.1, 0.15) is 24.2 Å². The average Bonchev–Trinajstić information content (AvgIpc) is 3.12. The van der Waals surface area contributed by atoms with Crippen LogP contribution in [0.15, 0.2) is 78.9 Å². The number of hydrogen-bond donors (Lipinski definition) is 2. The van der Waals surface area contributed by atoms with Crippen molar-refractivity contribution in [2.24, 2.45) is 0 Å². The highest BCUT2D eigenvalue weighted by Crippen LogP contribution is 2.35. The maximum Gasteiger partial charge on any atom is 0.411 e. The predicted octanol–water partition coefficient (Wildman–Crippen LogP) is 4.48. The molecule has 0 radical (unpaired) electrons. The lowest BCUT2D eigenvalue weighted by Gasteiger charge is -2.24. The summed E-state index contributed by atoms with van der Waals surface area (Å²) in [6.07, 6.45) is -1.48. The van der Waals surface area contributed by atoms with Crippen molar-refractivity contribution in [2.75, 3.05) is 10.6 Å². The third-order valence-corrected chi connectivity index (χ3v) is 5.22. The Morgan fingerprint density at radius 1 is 0.909 bits per heavy atom. The van der Waals surface area contributed by atoms with Crippen molar-refractivity contribution in [3.05, 3.63) is 95.8 Å². The number of hydrogen-bond acceptors (Lipinski definition) is 4. The zero-order valence-corrected chi connectivity index (χ0v) is 17.8. The summed E-state index contributed by atoms with van der Waals surface area (Å²) in [6, 6.07) is 20.5. The number of carbonyl (C=O) groups is 3. The standard InChI is InChI=1S/C25H22FN3O4/c1-16(30)27-20-11-7-18(8-12-20)23-22(24(31)28-21-13-9-19(26)10-14-21)29(25(32)33-23)15-17-5-3-2-4-6-17/h2-14,22-23H,15H2,1H3,(H,27,30)(H,28,31). The normalized spacial score (nSPS) is 17.4. The number of rotatable bonds is 6. The third-order valence-electron chi connectivity index (χ3n) is 5.22. The molecule has 168 valence electrons. The summed E-state index contributed by atoms with van der Waals surface area (Å²) in [5.41, 5.74) is 2.44. The number of halogens is 1. The summed E-state index contributed by atoms with van der Waals surface area (Å²) in [5, 5.41) is 5.43. The maximum atomic E-state index is 13.3. The van der Waals surface area contributed by atoms with Gasteiger partial charge in [0.05, 0.1) is 6.54 Å². The molecule has 1 aliphatic rings. The molecule has 0 aliphatic carbocycles. The highest BCUT2D eigenvalue weighted by atomic mass is 19.1. The van der Waals surface area contributed by atoms with Crippen LogP contribution in [0, 0.1) is 5.82 Å². The fourth-order valence-corrected chi connectivity index (χ4v) is 3.70. The Hall–Kier alpha value is -4.20. The number of carbonyl (C=O) groups excluding carboxylic acids is 3. The van der Waals surface area contributed by atoms with E-state index in [4.69, 9.17) is 4.74 Å². The van der Waals surface area contributed by atoms with Crippen LogP contribution in [-0.2, 0) is 20.9 Å². The highest BCUT2D eigenvalue weighted by Gasteiger charge is 2.47. The van der Waals surface area contributed by atoms with Gasteiger partial charge in [0.1, 0.15) is 5.82 Å². The molecule has 2 atom stereocenters. The zero-order valence-electron chi connectivity index (χ0n) is 17.8. The first-order chi connectivity index (χ1) is 15.9. The van der Waals surface area contributed by atoms with Crippen LogP contribution < -0.4 is 10.6 Å². The molecular formula is C25H22FN3O4. The van der Waals surface area contributed by atoms with Crippen molar-refractivity contribution in [3.63, 3.8) is 0 Å². The van der Waals surface area contributed by atoms with Gasteiger partial charge in [-0.05, 0) is 47.5 Å². The first kappa shape index (κ1) is 22.0. The second-order valence-electron chi connectivity index (χ2n) is 7.66. The van der Waals surface area contributed by atoms with Crippen molar-refractivity contribution < 1.29 is 23.5 Å². The first-order valence-corrected chi connectivity index (χ1v) is 10.4. The summed E-state index contributed by atoms with van der Waals surface area (Å²) in [5.74, 6) is -1.09. The lowest BCUT2D eigenvalue weighted by Crippen LogP contribution is -2.43. The maximum absolute atomic E-state index is 13.3. The molecule has 2 N–H and O–H groups in total. The van der Waals surface area contributed by atoms with Gasteiger partial charge >= 0.3 is 6.09 Å². The molecule has 3 amide bonds. The van der Waals surface area contributed by atoms with Crippen LogP contribution in [0.5, 0.6) is 0 Å². The van der Waals surface area contributed by atoms with Crippen LogP contribution >= 0.6 is 0 Å². The first-order valence-electron chi connectivity index (χ1n) is 10.4. The minimum atomic E-state index is -0.964. The monoisotopic (exact) mass is 447 g/mol. The number of benzene rings is 3. The Labute approximate surface area is 190 Å². The van der Waals surface area contributed by atoms with Gasteiger partial charge in [0.2, 0.25) is 5.91 Å². The summed E-state index contributed by atoms with van der Waals surface area (Å²) in [7, 11) is 0. The van der Waals surface area contributed by atoms with E-state index in [1.807, 2.05) is 30.3 Å². The van der Waals surface area contributed by atoms with Gasteiger partial charge in [-0.2, -0.15) is 0 Å². The van der Waals surface area contributed by atoms with Crippen molar-refractivity contribution in [1.29, 1.82) is 0 Å². The number of nitrogens with one attached hydrogen (secondary N) is 2. The van der Waals surface area contributed by atoms with Crippen LogP contribution in [0.2, 0.25) is 0 Å². The van der Waals surface area contributed by atoms with E-state index >= 15 is 0 Å². The Balaban J connectivity index is 1.63. The van der Waals surface area contributed by atoms with Crippen molar-refractivity contribution >= 4 is 29.3 Å². The zero-order chi connectivity index (χ0) is 23.4. The SMILES string of the molecule is CC(=O)Nc1ccc(C2OC(=O)N(Cc3ccccc3)C2C(=O)Nc2ccc(F)cc2)cc1. The van der Waals surface area contributed by atoms with Crippen LogP contribution in [-0.4, -0.2) is 28.8 Å². The van der Waals surface area contributed by atoms with Gasteiger partial charge in [-0.15, -0.1) is 0 Å². The largest absolute Gasteiger partial charge is 0.438 e. The van der Waals surface area contributed by atoms with Gasteiger partial charge in [-0.3, -0.25) is 14.5 Å². The lowest BCUT2D eigenvalue weighted by molar-refractivity contribution is -0.121. The van der Waals surface area contributed by atoms with Gasteiger partial charge in [-0.1, -0.05) is 42.5 Å². The van der Waals surface area contributed by atoms with Crippen molar-refractivity contribution in [3.8, 4) is 0 Å². The van der Waals surface area contributed by atoms with E-state index in [0.717, 1.165) is 5.56 Å². The molecule has 33 heavy (non-hydrogen) atoms. The van der Waals surface area contributed by atoms with E-state index < -0.39 is 30.0 Å². The molecule has 3 aromatic carbocycles. The number of amides is 3. The molecule has 7 nitrogen and oxygen atoms in total. The van der Waals surface area contributed by atoms with Crippen LogP contribution in [0.4, 0.5) is 20.6 Å². The quantitative estimate of drug-likeness (QED) is 0.583. The van der Waals surface area contributed by atoms with E-state index in [1.165, 1.54) is 36.1 Å². The summed E-state index contributed by atoms with van der Waals surface area (Å²) < 4.78 is 18.9. The molecule has 0 spiro atoms. The fourth-order valence-electron chi connectivity index (χ4n) is 3.70. The third kappa shape index (κ3) is 5.17. The van der Waals surface area contributed by atoms with Crippen LogP contribution in [0.25, 0.3) is 0 Å². The molecule has 0 aromatic heterocycles. The second kappa shape index (κ2) is 9.52. The van der Waals surface area contributed by atoms with Crippen molar-refractivity contribution in [1.82, 2.24) is 4.90 Å². The number of anilines is 2. The van der Waals surface area contributed by atoms with E-state index in [1.54, 1.807) is 24.3 Å². The smallest absolute Gasteiger partial charge is 0.411 e. The summed E-state index contributed by atoms with van der Waals surface area (Å²) in [4.78, 5) is 38.8.